The van der Waals surface area contributed by atoms with Crippen molar-refractivity contribution in [2.45, 2.75) is 0 Å². The van der Waals surface area contributed by atoms with Crippen molar-refractivity contribution in [3.63, 3.8) is 0 Å². The van der Waals surface area contributed by atoms with Crippen LogP contribution in [-0.2, 0) is 4.74 Å². The first-order chi connectivity index (χ1) is 7.70. The first-order valence-corrected chi connectivity index (χ1v) is 4.62. The SMILES string of the molecule is CNC(=O)OC(=O)c1ccc2occc2c1. The van der Waals surface area contributed by atoms with Crippen LogP contribution < -0.4 is 5.32 Å². The Balaban J connectivity index is 2.25. The van der Waals surface area contributed by atoms with Crippen LogP contribution in [-0.4, -0.2) is 19.1 Å². The molecule has 5 nitrogen and oxygen atoms in total. The molecule has 0 saturated carbocycles. The van der Waals surface area contributed by atoms with Crippen molar-refractivity contribution in [1.29, 1.82) is 0 Å². The fourth-order valence-corrected chi connectivity index (χ4v) is 1.29. The first-order valence-electron chi connectivity index (χ1n) is 4.62. The molecule has 0 aliphatic rings. The van der Waals surface area contributed by atoms with Crippen molar-refractivity contribution in [2.24, 2.45) is 0 Å². The van der Waals surface area contributed by atoms with Crippen molar-refractivity contribution in [2.75, 3.05) is 7.05 Å². The van der Waals surface area contributed by atoms with E-state index >= 15 is 0 Å². The van der Waals surface area contributed by atoms with Crippen LogP contribution in [0.2, 0.25) is 0 Å². The van der Waals surface area contributed by atoms with Gasteiger partial charge < -0.3 is 14.5 Å². The van der Waals surface area contributed by atoms with Crippen molar-refractivity contribution >= 4 is 23.0 Å². The van der Waals surface area contributed by atoms with Gasteiger partial charge in [-0.15, -0.1) is 0 Å². The van der Waals surface area contributed by atoms with Crippen LogP contribution in [0.1, 0.15) is 10.4 Å². The largest absolute Gasteiger partial charge is 0.464 e. The monoisotopic (exact) mass is 219 g/mol. The molecule has 0 saturated heterocycles. The molecule has 82 valence electrons. The van der Waals surface area contributed by atoms with Gasteiger partial charge in [-0.05, 0) is 24.3 Å². The maximum atomic E-state index is 11.5. The third-order valence-corrected chi connectivity index (χ3v) is 2.08. The Morgan fingerprint density at radius 3 is 2.88 bits per heavy atom. The Hall–Kier alpha value is -2.30. The van der Waals surface area contributed by atoms with E-state index in [0.717, 1.165) is 5.39 Å². The molecule has 16 heavy (non-hydrogen) atoms. The summed E-state index contributed by atoms with van der Waals surface area (Å²) in [6.07, 6.45) is 0.746. The summed E-state index contributed by atoms with van der Waals surface area (Å²) >= 11 is 0. The lowest BCUT2D eigenvalue weighted by Gasteiger charge is -2.01. The van der Waals surface area contributed by atoms with Crippen molar-refractivity contribution in [3.05, 3.63) is 36.1 Å². The predicted octanol–water partition coefficient (Wildman–Crippen LogP) is 1.93. The summed E-state index contributed by atoms with van der Waals surface area (Å²) in [6.45, 7) is 0. The number of fused-ring (bicyclic) bond motifs is 1. The molecule has 1 N–H and O–H groups in total. The second kappa shape index (κ2) is 4.06. The lowest BCUT2D eigenvalue weighted by Crippen LogP contribution is -2.22. The molecule has 0 spiro atoms. The summed E-state index contributed by atoms with van der Waals surface area (Å²) in [5.74, 6) is -0.692. The van der Waals surface area contributed by atoms with Crippen LogP contribution in [0.3, 0.4) is 0 Å². The van der Waals surface area contributed by atoms with Gasteiger partial charge >= 0.3 is 12.1 Å². The fraction of sp³-hybridized carbons (Fsp3) is 0.0909. The van der Waals surface area contributed by atoms with Gasteiger partial charge in [0.1, 0.15) is 5.58 Å². The topological polar surface area (TPSA) is 68.5 Å². The minimum atomic E-state index is -0.780. The van der Waals surface area contributed by atoms with E-state index in [-0.39, 0.29) is 0 Å². The van der Waals surface area contributed by atoms with Crippen LogP contribution in [0.5, 0.6) is 0 Å². The van der Waals surface area contributed by atoms with Crippen molar-refractivity contribution < 1.29 is 18.7 Å². The minimum absolute atomic E-state index is 0.303. The van der Waals surface area contributed by atoms with Gasteiger partial charge in [0.15, 0.2) is 0 Å². The van der Waals surface area contributed by atoms with E-state index in [1.54, 1.807) is 18.2 Å². The summed E-state index contributed by atoms with van der Waals surface area (Å²) in [5.41, 5.74) is 0.981. The Bertz CT molecular complexity index is 544. The maximum absolute atomic E-state index is 11.5. The smallest absolute Gasteiger partial charge is 0.414 e. The number of carbonyl (C=O) groups is 2. The van der Waals surface area contributed by atoms with E-state index in [1.165, 1.54) is 19.4 Å². The van der Waals surface area contributed by atoms with E-state index in [1.807, 2.05) is 0 Å². The number of ether oxygens (including phenoxy) is 1. The Labute approximate surface area is 91.0 Å². The molecular weight excluding hydrogens is 210 g/mol. The third kappa shape index (κ3) is 1.88. The van der Waals surface area contributed by atoms with Gasteiger partial charge in [-0.25, -0.2) is 9.59 Å². The number of furan rings is 1. The number of esters is 1. The summed E-state index contributed by atoms with van der Waals surface area (Å²) in [7, 11) is 1.38. The molecule has 0 aliphatic carbocycles. The van der Waals surface area contributed by atoms with E-state index in [4.69, 9.17) is 4.42 Å². The lowest BCUT2D eigenvalue weighted by atomic mass is 10.2. The summed E-state index contributed by atoms with van der Waals surface area (Å²) in [5, 5.41) is 2.98. The van der Waals surface area contributed by atoms with Gasteiger partial charge in [-0.1, -0.05) is 0 Å². The summed E-state index contributed by atoms with van der Waals surface area (Å²) < 4.78 is 9.61. The number of carbonyl (C=O) groups excluding carboxylic acids is 2. The highest BCUT2D eigenvalue weighted by Gasteiger charge is 2.12. The molecule has 1 aromatic carbocycles. The molecule has 2 aromatic rings. The predicted molar refractivity (Wildman–Crippen MR) is 56.1 cm³/mol. The van der Waals surface area contributed by atoms with E-state index in [2.05, 4.69) is 10.1 Å². The van der Waals surface area contributed by atoms with Crippen LogP contribution in [0.15, 0.2) is 34.9 Å². The second-order valence-corrected chi connectivity index (χ2v) is 3.10. The molecule has 2 rings (SSSR count). The minimum Gasteiger partial charge on any atom is -0.464 e. The molecule has 1 amide bonds. The number of hydrogen-bond acceptors (Lipinski definition) is 4. The number of hydrogen-bond donors (Lipinski definition) is 1. The van der Waals surface area contributed by atoms with Crippen LogP contribution in [0, 0.1) is 0 Å². The highest BCUT2D eigenvalue weighted by Crippen LogP contribution is 2.17. The van der Waals surface area contributed by atoms with Crippen molar-refractivity contribution in [1.82, 2.24) is 5.32 Å². The number of nitrogens with one attached hydrogen (secondary N) is 1. The number of benzene rings is 1. The summed E-state index contributed by atoms with van der Waals surface area (Å²) in [4.78, 5) is 22.3. The maximum Gasteiger partial charge on any atom is 0.414 e. The average molecular weight is 219 g/mol. The Morgan fingerprint density at radius 2 is 2.12 bits per heavy atom. The molecule has 1 heterocycles. The zero-order valence-corrected chi connectivity index (χ0v) is 8.52. The summed E-state index contributed by atoms with van der Waals surface area (Å²) in [6, 6.07) is 6.52. The molecule has 0 bridgehead atoms. The van der Waals surface area contributed by atoms with Gasteiger partial charge in [-0.2, -0.15) is 0 Å². The Kier molecular flexibility index (Phi) is 2.59. The third-order valence-electron chi connectivity index (χ3n) is 2.08. The van der Waals surface area contributed by atoms with Gasteiger partial charge in [-0.3, -0.25) is 0 Å². The fourth-order valence-electron chi connectivity index (χ4n) is 1.29. The molecule has 1 aromatic heterocycles. The normalized spacial score (nSPS) is 10.1. The molecule has 0 unspecified atom stereocenters. The standard InChI is InChI=1S/C11H9NO4/c1-12-11(14)16-10(13)8-2-3-9-7(6-8)4-5-15-9/h2-6H,1H3,(H,12,14). The molecule has 0 radical (unpaired) electrons. The molecule has 5 heteroatoms. The molecule has 0 fully saturated rings. The van der Waals surface area contributed by atoms with Gasteiger partial charge in [0, 0.05) is 12.4 Å². The number of amides is 1. The Morgan fingerprint density at radius 1 is 1.31 bits per heavy atom. The molecule has 0 aliphatic heterocycles. The highest BCUT2D eigenvalue weighted by molar-refractivity contribution is 5.98. The second-order valence-electron chi connectivity index (χ2n) is 3.10. The average Bonchev–Trinajstić information content (AvgIpc) is 2.75. The molecular formula is C11H9NO4. The van der Waals surface area contributed by atoms with Gasteiger partial charge in [0.25, 0.3) is 0 Å². The molecule has 0 atom stereocenters. The lowest BCUT2D eigenvalue weighted by molar-refractivity contribution is 0.0626. The quantitative estimate of drug-likeness (QED) is 0.587. The van der Waals surface area contributed by atoms with E-state index in [9.17, 15) is 9.59 Å². The van der Waals surface area contributed by atoms with Gasteiger partial charge in [0.05, 0.1) is 11.8 Å². The zero-order chi connectivity index (χ0) is 11.5. The first kappa shape index (κ1) is 10.2. The van der Waals surface area contributed by atoms with Crippen molar-refractivity contribution in [3.8, 4) is 0 Å². The number of alkyl carbamates (subject to hydrolysis) is 1. The van der Waals surface area contributed by atoms with E-state index < -0.39 is 12.1 Å². The number of rotatable bonds is 1. The van der Waals surface area contributed by atoms with Gasteiger partial charge in [0.2, 0.25) is 0 Å². The highest BCUT2D eigenvalue weighted by atomic mass is 16.6. The zero-order valence-electron chi connectivity index (χ0n) is 8.52. The van der Waals surface area contributed by atoms with Crippen LogP contribution in [0.25, 0.3) is 11.0 Å². The van der Waals surface area contributed by atoms with E-state index in [0.29, 0.717) is 11.1 Å². The van der Waals surface area contributed by atoms with Crippen LogP contribution >= 0.6 is 0 Å². The van der Waals surface area contributed by atoms with Crippen LogP contribution in [0.4, 0.5) is 4.79 Å².